The van der Waals surface area contributed by atoms with Crippen molar-refractivity contribution in [2.75, 3.05) is 5.32 Å². The van der Waals surface area contributed by atoms with Gasteiger partial charge in [-0.15, -0.1) is 0 Å². The highest BCUT2D eigenvalue weighted by atomic mass is 16.3. The lowest BCUT2D eigenvalue weighted by Gasteiger charge is -2.32. The van der Waals surface area contributed by atoms with Crippen LogP contribution >= 0.6 is 0 Å². The molecule has 0 saturated heterocycles. The van der Waals surface area contributed by atoms with Crippen molar-refractivity contribution < 1.29 is 5.11 Å². The summed E-state index contributed by atoms with van der Waals surface area (Å²) in [4.78, 5) is 0. The minimum atomic E-state index is -1.52. The molecule has 0 aromatic heterocycles. The van der Waals surface area contributed by atoms with Crippen molar-refractivity contribution in [2.24, 2.45) is 0 Å². The summed E-state index contributed by atoms with van der Waals surface area (Å²) in [7, 11) is 0. The van der Waals surface area contributed by atoms with Gasteiger partial charge in [0.15, 0.2) is 5.57 Å². The van der Waals surface area contributed by atoms with Crippen LogP contribution in [0.5, 0.6) is 0 Å². The number of anilines is 1. The molecule has 0 atom stereocenters. The molecule has 0 unspecified atom stereocenters. The first kappa shape index (κ1) is 19.4. The van der Waals surface area contributed by atoms with E-state index in [0.717, 1.165) is 0 Å². The molecule has 0 fully saturated rings. The average Bonchev–Trinajstić information content (AvgIpc) is 2.80. The largest absolute Gasteiger partial charge is 0.376 e. The minimum Gasteiger partial charge on any atom is -0.376 e. The molecule has 3 aromatic rings. The summed E-state index contributed by atoms with van der Waals surface area (Å²) in [5, 5.41) is 42.5. The number of rotatable bonds is 5. The van der Waals surface area contributed by atoms with Crippen LogP contribution in [0.1, 0.15) is 16.7 Å². The Morgan fingerprint density at radius 3 is 1.66 bits per heavy atom. The Bertz CT molecular complexity index is 1110. The second-order valence-electron chi connectivity index (χ2n) is 6.20. The molecular weight excluding hydrogens is 360 g/mol. The number of allylic oxidation sites excluding steroid dienone is 2. The van der Waals surface area contributed by atoms with Crippen LogP contribution in [0.15, 0.2) is 96.2 Å². The molecule has 5 heteroatoms. The molecule has 0 aliphatic carbocycles. The number of nitrogens with one attached hydrogen (secondary N) is 1. The molecule has 3 rings (SSSR count). The van der Waals surface area contributed by atoms with Crippen molar-refractivity contribution in [2.45, 2.75) is 5.60 Å². The lowest BCUT2D eigenvalue weighted by molar-refractivity contribution is 0.126. The quantitative estimate of drug-likeness (QED) is 0.513. The van der Waals surface area contributed by atoms with Crippen LogP contribution < -0.4 is 5.32 Å². The van der Waals surface area contributed by atoms with E-state index in [2.05, 4.69) is 5.32 Å². The van der Waals surface area contributed by atoms with E-state index in [1.165, 1.54) is 0 Å². The van der Waals surface area contributed by atoms with Gasteiger partial charge in [-0.25, -0.2) is 0 Å². The molecule has 3 aromatic carbocycles. The molecule has 29 heavy (non-hydrogen) atoms. The van der Waals surface area contributed by atoms with Crippen LogP contribution in [0.2, 0.25) is 0 Å². The molecule has 5 nitrogen and oxygen atoms in total. The molecule has 0 saturated carbocycles. The predicted molar refractivity (Wildman–Crippen MR) is 109 cm³/mol. The van der Waals surface area contributed by atoms with Gasteiger partial charge < -0.3 is 10.4 Å². The summed E-state index contributed by atoms with van der Waals surface area (Å²) in [6.07, 6.45) is 0. The molecule has 138 valence electrons. The van der Waals surface area contributed by atoms with Crippen LogP contribution in [0.3, 0.4) is 0 Å². The van der Waals surface area contributed by atoms with E-state index in [-0.39, 0.29) is 11.3 Å². The van der Waals surface area contributed by atoms with Crippen molar-refractivity contribution in [3.05, 3.63) is 113 Å². The molecule has 0 aliphatic heterocycles. The molecule has 0 spiro atoms. The van der Waals surface area contributed by atoms with Gasteiger partial charge in [0.25, 0.3) is 0 Å². The summed E-state index contributed by atoms with van der Waals surface area (Å²) < 4.78 is 0. The van der Waals surface area contributed by atoms with Crippen LogP contribution in [0.25, 0.3) is 0 Å². The van der Waals surface area contributed by atoms with Gasteiger partial charge in [-0.1, -0.05) is 78.9 Å². The third-order valence-electron chi connectivity index (χ3n) is 4.55. The van der Waals surface area contributed by atoms with Crippen LogP contribution in [0.4, 0.5) is 5.69 Å². The van der Waals surface area contributed by atoms with E-state index >= 15 is 0 Å². The highest BCUT2D eigenvalue weighted by Crippen LogP contribution is 2.40. The smallest absolute Gasteiger partial charge is 0.163 e. The highest BCUT2D eigenvalue weighted by molar-refractivity contribution is 5.66. The molecular formula is C24H16N4O. The number of nitriles is 3. The molecule has 2 N–H and O–H groups in total. The average molecular weight is 376 g/mol. The monoisotopic (exact) mass is 376 g/mol. The van der Waals surface area contributed by atoms with E-state index in [9.17, 15) is 10.4 Å². The van der Waals surface area contributed by atoms with Gasteiger partial charge in [0, 0.05) is 11.3 Å². The van der Waals surface area contributed by atoms with Gasteiger partial charge >= 0.3 is 0 Å². The number of para-hydroxylation sites is 1. The fourth-order valence-corrected chi connectivity index (χ4v) is 3.16. The fraction of sp³-hybridized carbons (Fsp3) is 0.0417. The first-order valence-corrected chi connectivity index (χ1v) is 8.79. The second kappa shape index (κ2) is 8.55. The van der Waals surface area contributed by atoms with Gasteiger partial charge in [0.2, 0.25) is 0 Å². The maximum atomic E-state index is 12.0. The topological polar surface area (TPSA) is 104 Å². The van der Waals surface area contributed by atoms with Gasteiger partial charge in [0.05, 0.1) is 0 Å². The van der Waals surface area contributed by atoms with Crippen molar-refractivity contribution in [3.8, 4) is 18.2 Å². The molecule has 0 bridgehead atoms. The van der Waals surface area contributed by atoms with E-state index in [0.29, 0.717) is 22.4 Å². The van der Waals surface area contributed by atoms with Crippen molar-refractivity contribution in [3.63, 3.8) is 0 Å². The summed E-state index contributed by atoms with van der Waals surface area (Å²) in [6.45, 7) is 0. The Kier molecular flexibility index (Phi) is 5.71. The summed E-state index contributed by atoms with van der Waals surface area (Å²) in [5.41, 5.74) is 0.165. The predicted octanol–water partition coefficient (Wildman–Crippen LogP) is 4.21. The third kappa shape index (κ3) is 3.70. The Morgan fingerprint density at radius 2 is 1.17 bits per heavy atom. The Morgan fingerprint density at radius 1 is 0.690 bits per heavy atom. The number of hydrogen-bond acceptors (Lipinski definition) is 5. The van der Waals surface area contributed by atoms with Gasteiger partial charge in [0.1, 0.15) is 29.5 Å². The number of hydrogen-bond donors (Lipinski definition) is 2. The van der Waals surface area contributed by atoms with Crippen molar-refractivity contribution >= 4 is 5.69 Å². The highest BCUT2D eigenvalue weighted by Gasteiger charge is 2.35. The number of benzene rings is 3. The van der Waals surface area contributed by atoms with E-state index in [1.54, 1.807) is 36.4 Å². The second-order valence-corrected chi connectivity index (χ2v) is 6.20. The summed E-state index contributed by atoms with van der Waals surface area (Å²) in [6, 6.07) is 30.6. The maximum absolute atomic E-state index is 12.0. The Labute approximate surface area is 169 Å². The normalized spacial score (nSPS) is 10.1. The van der Waals surface area contributed by atoms with E-state index < -0.39 is 5.60 Å². The zero-order valence-corrected chi connectivity index (χ0v) is 15.4. The third-order valence-corrected chi connectivity index (χ3v) is 4.55. The van der Waals surface area contributed by atoms with Gasteiger partial charge in [-0.05, 0) is 17.2 Å². The van der Waals surface area contributed by atoms with Crippen LogP contribution in [-0.4, -0.2) is 5.11 Å². The molecule has 0 aliphatic rings. The minimum absolute atomic E-state index is 0.175. The van der Waals surface area contributed by atoms with Crippen LogP contribution in [0, 0.1) is 34.0 Å². The van der Waals surface area contributed by atoms with Gasteiger partial charge in [-0.2, -0.15) is 15.8 Å². The number of nitrogens with zero attached hydrogens (tertiary/aromatic N) is 3. The zero-order valence-electron chi connectivity index (χ0n) is 15.4. The van der Waals surface area contributed by atoms with E-state index in [4.69, 9.17) is 10.5 Å². The lowest BCUT2D eigenvalue weighted by Crippen LogP contribution is -2.30. The Hall–Kier alpha value is -4.37. The zero-order chi connectivity index (χ0) is 20.7. The first-order chi connectivity index (χ1) is 14.1. The first-order valence-electron chi connectivity index (χ1n) is 8.79. The Balaban J connectivity index is 2.25. The fourth-order valence-electron chi connectivity index (χ4n) is 3.16. The SMILES string of the molecule is N#CC(C#N)=C(C#N)Nc1ccccc1C(O)(c1ccccc1)c1ccccc1. The molecule has 0 heterocycles. The number of aliphatic hydroxyl groups is 1. The molecule has 0 radical (unpaired) electrons. The lowest BCUT2D eigenvalue weighted by atomic mass is 9.79. The summed E-state index contributed by atoms with van der Waals surface area (Å²) in [5.74, 6) is 0. The van der Waals surface area contributed by atoms with Crippen molar-refractivity contribution in [1.29, 1.82) is 15.8 Å². The summed E-state index contributed by atoms with van der Waals surface area (Å²) >= 11 is 0. The maximum Gasteiger partial charge on any atom is 0.163 e. The van der Waals surface area contributed by atoms with E-state index in [1.807, 2.05) is 66.7 Å². The van der Waals surface area contributed by atoms with Crippen LogP contribution in [-0.2, 0) is 5.60 Å². The standard InChI is InChI=1S/C24H16N4O/c25-15-18(16-26)23(17-27)28-22-14-8-7-13-21(22)24(29,19-9-3-1-4-10-19)20-11-5-2-6-12-20/h1-14,28-29H. The van der Waals surface area contributed by atoms with Gasteiger partial charge in [-0.3, -0.25) is 0 Å². The molecule has 0 amide bonds. The van der Waals surface area contributed by atoms with Crippen molar-refractivity contribution in [1.82, 2.24) is 0 Å².